The van der Waals surface area contributed by atoms with E-state index in [9.17, 15) is 40.9 Å². The van der Waals surface area contributed by atoms with Crippen molar-refractivity contribution in [3.63, 3.8) is 0 Å². The molecule has 0 radical (unpaired) electrons. The van der Waals surface area contributed by atoms with Gasteiger partial charge in [0.2, 0.25) is 0 Å². The van der Waals surface area contributed by atoms with Crippen molar-refractivity contribution < 1.29 is 78.7 Å². The van der Waals surface area contributed by atoms with E-state index < -0.39 is 97.9 Å². The summed E-state index contributed by atoms with van der Waals surface area (Å²) < 4.78 is 49.8. The molecule has 8 N–H and O–H groups in total. The number of rotatable bonds is 7. The Bertz CT molecular complexity index is 1530. The predicted molar refractivity (Wildman–Crippen MR) is 213 cm³/mol. The van der Waals surface area contributed by atoms with Crippen molar-refractivity contribution >= 4 is 0 Å². The first-order chi connectivity index (χ1) is 28.9. The van der Waals surface area contributed by atoms with Crippen molar-refractivity contribution in [2.24, 2.45) is 52.3 Å². The number of hydrogen-bond acceptors (Lipinski definition) is 16. The van der Waals surface area contributed by atoms with Crippen LogP contribution in [0.2, 0.25) is 0 Å². The molecule has 0 aromatic heterocycles. The molecule has 16 nitrogen and oxygen atoms in total. The Morgan fingerprint density at radius 2 is 1.26 bits per heavy atom. The highest BCUT2D eigenvalue weighted by Gasteiger charge is 2.69. The summed E-state index contributed by atoms with van der Waals surface area (Å²) in [5, 5.41) is 85.7. The minimum Gasteiger partial charge on any atom is -0.388 e. The summed E-state index contributed by atoms with van der Waals surface area (Å²) in [5.74, 6) is 3.27. The lowest BCUT2D eigenvalue weighted by Gasteiger charge is -2.61. The molecular weight excluding hydrogens is 796 g/mol. The normalized spacial score (nSPS) is 59.7. The molecule has 9 rings (SSSR count). The first-order valence-electron chi connectivity index (χ1n) is 23.5. The van der Waals surface area contributed by atoms with Crippen LogP contribution in [0.1, 0.15) is 106 Å². The van der Waals surface area contributed by atoms with Gasteiger partial charge < -0.3 is 78.7 Å². The molecule has 61 heavy (non-hydrogen) atoms. The largest absolute Gasteiger partial charge is 0.388 e. The quantitative estimate of drug-likeness (QED) is 0.169. The Hall–Kier alpha value is -0.640. The van der Waals surface area contributed by atoms with E-state index in [1.165, 1.54) is 26.7 Å². The minimum atomic E-state index is -1.67. The van der Waals surface area contributed by atoms with Crippen molar-refractivity contribution in [2.75, 3.05) is 13.2 Å². The lowest BCUT2D eigenvalue weighted by Crippen LogP contribution is -2.65. The fourth-order valence-corrected chi connectivity index (χ4v) is 14.5. The van der Waals surface area contributed by atoms with Crippen molar-refractivity contribution in [3.8, 4) is 0 Å². The summed E-state index contributed by atoms with van der Waals surface area (Å²) in [6.07, 6.45) is -10.5. The van der Waals surface area contributed by atoms with E-state index in [0.29, 0.717) is 41.4 Å². The van der Waals surface area contributed by atoms with Gasteiger partial charge in [0.1, 0.15) is 61.0 Å². The van der Waals surface area contributed by atoms with Crippen molar-refractivity contribution in [2.45, 2.75) is 216 Å². The van der Waals surface area contributed by atoms with Crippen LogP contribution < -0.4 is 0 Å². The fraction of sp³-hybridized carbons (Fsp3) is 1.00. The molecule has 4 aliphatic carbocycles. The smallest absolute Gasteiger partial charge is 0.187 e. The molecular formula is C45H74O16. The van der Waals surface area contributed by atoms with E-state index in [-0.39, 0.29) is 29.6 Å². The van der Waals surface area contributed by atoms with Gasteiger partial charge in [-0.3, -0.25) is 0 Å². The SMILES string of the molecule is CC1CC[C@@]2(OC1)O[C@H]1C[C@H]3[C@@H]4CC[C@H]5C[C@@H](O[C@@H]6O[C@H](CO[C@@H]7O[C@@H](C)[C@H](O)[C@@H](O)[C@H]7O)[C@@H](O)[C@H](O)[C@H]6O[C@@H]6O[C@@H](C)[C@H](O)[C@@H](O)[C@H]6O)CC[C@]5(C)[C@H]4CC[C@]3(C)[C@H]1[C@@H]2C. The van der Waals surface area contributed by atoms with Crippen LogP contribution in [0.15, 0.2) is 0 Å². The van der Waals surface area contributed by atoms with Crippen LogP contribution >= 0.6 is 0 Å². The van der Waals surface area contributed by atoms with Crippen molar-refractivity contribution in [1.29, 1.82) is 0 Å². The van der Waals surface area contributed by atoms with Crippen LogP contribution in [0.5, 0.6) is 0 Å². The second kappa shape index (κ2) is 16.9. The number of hydrogen-bond donors (Lipinski definition) is 8. The molecule has 5 aliphatic heterocycles. The standard InChI is InChI=1S/C45H74O16/c1-19-9-14-45(55-17-19)20(2)30-28(61-45)16-27-25-8-7-23-15-24(10-12-43(23,5)26(25)11-13-44(27,30)6)58-42-39(60-41-38(53)35(50)32(47)22(4)57-41)36(51)33(48)29(59-42)18-54-40-37(52)34(49)31(46)21(3)56-40/h19-42,46-53H,7-18H2,1-6H3/t19?,20-,21-,22-,23-,24-,25+,26-,27-,28-,29+,30-,31-,32-,33+,34+,35+,36-,37+,38+,39+,40+,41-,42+,43-,44-,45+/m0/s1. The van der Waals surface area contributed by atoms with Gasteiger partial charge in [0, 0.05) is 12.3 Å². The van der Waals surface area contributed by atoms with Gasteiger partial charge in [-0.1, -0.05) is 27.7 Å². The first-order valence-corrected chi connectivity index (χ1v) is 23.5. The van der Waals surface area contributed by atoms with Crippen LogP contribution in [0.3, 0.4) is 0 Å². The minimum absolute atomic E-state index is 0.122. The third-order valence-corrected chi connectivity index (χ3v) is 18.2. The molecule has 0 amide bonds. The Balaban J connectivity index is 0.884. The number of aliphatic hydroxyl groups is 8. The maximum Gasteiger partial charge on any atom is 0.187 e. The van der Waals surface area contributed by atoms with E-state index in [1.54, 1.807) is 0 Å². The first kappa shape index (κ1) is 45.5. The zero-order valence-corrected chi connectivity index (χ0v) is 36.7. The molecule has 4 saturated carbocycles. The molecule has 5 saturated heterocycles. The van der Waals surface area contributed by atoms with Gasteiger partial charge in [0.25, 0.3) is 0 Å². The van der Waals surface area contributed by atoms with Crippen LogP contribution in [-0.2, 0) is 37.9 Å². The molecule has 1 spiro atoms. The van der Waals surface area contributed by atoms with Gasteiger partial charge in [-0.15, -0.1) is 0 Å². The Kier molecular flexibility index (Phi) is 12.6. The topological polar surface area (TPSA) is 236 Å². The lowest BCUT2D eigenvalue weighted by molar-refractivity contribution is -0.375. The fourth-order valence-electron chi connectivity index (χ4n) is 14.5. The highest BCUT2D eigenvalue weighted by atomic mass is 16.8. The second-order valence-corrected chi connectivity index (χ2v) is 21.5. The van der Waals surface area contributed by atoms with Crippen LogP contribution in [-0.4, -0.2) is 164 Å². The van der Waals surface area contributed by atoms with Gasteiger partial charge in [0.15, 0.2) is 24.7 Å². The summed E-state index contributed by atoms with van der Waals surface area (Å²) in [4.78, 5) is 0. The number of aliphatic hydroxyl groups excluding tert-OH is 8. The summed E-state index contributed by atoms with van der Waals surface area (Å²) in [6, 6.07) is 0. The van der Waals surface area contributed by atoms with Crippen LogP contribution in [0, 0.1) is 52.3 Å². The van der Waals surface area contributed by atoms with Gasteiger partial charge in [-0.25, -0.2) is 0 Å². The molecule has 9 fully saturated rings. The molecule has 9 aliphatic rings. The molecule has 350 valence electrons. The number of ether oxygens (including phenoxy) is 8. The summed E-state index contributed by atoms with van der Waals surface area (Å²) in [7, 11) is 0. The van der Waals surface area contributed by atoms with Gasteiger partial charge >= 0.3 is 0 Å². The summed E-state index contributed by atoms with van der Waals surface area (Å²) in [5.41, 5.74) is 0.350. The monoisotopic (exact) mass is 870 g/mol. The third kappa shape index (κ3) is 7.59. The van der Waals surface area contributed by atoms with Crippen molar-refractivity contribution in [1.82, 2.24) is 0 Å². The molecule has 0 aromatic rings. The van der Waals surface area contributed by atoms with Crippen LogP contribution in [0.25, 0.3) is 0 Å². The summed E-state index contributed by atoms with van der Waals surface area (Å²) >= 11 is 0. The van der Waals surface area contributed by atoms with Gasteiger partial charge in [-0.2, -0.15) is 0 Å². The third-order valence-electron chi connectivity index (χ3n) is 18.2. The molecule has 5 heterocycles. The average Bonchev–Trinajstić information content (AvgIpc) is 3.68. The number of fused-ring (bicyclic) bond motifs is 7. The highest BCUT2D eigenvalue weighted by molar-refractivity contribution is 5.15. The van der Waals surface area contributed by atoms with E-state index in [0.717, 1.165) is 58.0 Å². The van der Waals surface area contributed by atoms with E-state index >= 15 is 0 Å². The van der Waals surface area contributed by atoms with Gasteiger partial charge in [0.05, 0.1) is 37.6 Å². The summed E-state index contributed by atoms with van der Waals surface area (Å²) in [6.45, 7) is 13.2. The average molecular weight is 871 g/mol. The Morgan fingerprint density at radius 3 is 1.95 bits per heavy atom. The zero-order chi connectivity index (χ0) is 43.5. The zero-order valence-electron chi connectivity index (χ0n) is 36.7. The van der Waals surface area contributed by atoms with E-state index in [1.807, 2.05) is 0 Å². The predicted octanol–water partition coefficient (Wildman–Crippen LogP) is 1.32. The molecule has 1 unspecified atom stereocenters. The second-order valence-electron chi connectivity index (χ2n) is 21.5. The van der Waals surface area contributed by atoms with E-state index in [4.69, 9.17) is 37.9 Å². The Morgan fingerprint density at radius 1 is 0.590 bits per heavy atom. The maximum absolute atomic E-state index is 11.6. The maximum atomic E-state index is 11.6. The van der Waals surface area contributed by atoms with Crippen LogP contribution in [0.4, 0.5) is 0 Å². The van der Waals surface area contributed by atoms with E-state index in [2.05, 4.69) is 27.7 Å². The Labute approximate surface area is 359 Å². The highest BCUT2D eigenvalue weighted by Crippen LogP contribution is 2.71. The van der Waals surface area contributed by atoms with Gasteiger partial charge in [-0.05, 0) is 118 Å². The molecule has 16 heteroatoms. The molecule has 0 bridgehead atoms. The molecule has 0 aromatic carbocycles. The van der Waals surface area contributed by atoms with Crippen molar-refractivity contribution in [3.05, 3.63) is 0 Å². The molecule has 27 atom stereocenters. The lowest BCUT2D eigenvalue weighted by atomic mass is 9.44.